The number of esters is 1. The van der Waals surface area contributed by atoms with E-state index in [1.54, 1.807) is 6.92 Å². The summed E-state index contributed by atoms with van der Waals surface area (Å²) < 4.78 is 5.08. The Bertz CT molecular complexity index is 567. The molecule has 1 heterocycles. The molecule has 0 aromatic heterocycles. The Morgan fingerprint density at radius 2 is 2.05 bits per heavy atom. The van der Waals surface area contributed by atoms with E-state index in [9.17, 15) is 9.59 Å². The number of likely N-dealkylation sites (tertiary alicyclic amines) is 1. The van der Waals surface area contributed by atoms with Crippen molar-refractivity contribution in [2.45, 2.75) is 32.9 Å². The number of rotatable bonds is 4. The highest BCUT2D eigenvalue weighted by atomic mass is 16.5. The largest absolute Gasteiger partial charge is 0.465 e. The van der Waals surface area contributed by atoms with Crippen LogP contribution in [0.4, 0.5) is 0 Å². The molecule has 22 heavy (non-hydrogen) atoms. The van der Waals surface area contributed by atoms with Gasteiger partial charge >= 0.3 is 5.97 Å². The smallest absolute Gasteiger partial charge is 0.318 e. The summed E-state index contributed by atoms with van der Waals surface area (Å²) in [6, 6.07) is 9.93. The van der Waals surface area contributed by atoms with Crippen LogP contribution in [0.15, 0.2) is 42.5 Å². The van der Waals surface area contributed by atoms with E-state index in [-0.39, 0.29) is 24.5 Å². The standard InChI is InChI=1S/C18H23NO3/c1-5-22-18(21)16-14(4)19(11-12(2)17(16)20)13(3)15-9-7-6-8-10-15/h6-10,13-14,16H,2,5,11H2,1,3-4H3/t13?,14-,16?/m0/s1. The van der Waals surface area contributed by atoms with E-state index in [1.807, 2.05) is 25.1 Å². The second kappa shape index (κ2) is 6.88. The highest BCUT2D eigenvalue weighted by molar-refractivity contribution is 6.09. The summed E-state index contributed by atoms with van der Waals surface area (Å²) in [5, 5.41) is 0. The third-order valence-electron chi connectivity index (χ3n) is 4.33. The maximum absolute atomic E-state index is 12.3. The molecule has 2 unspecified atom stereocenters. The lowest BCUT2D eigenvalue weighted by Gasteiger charge is -2.41. The van der Waals surface area contributed by atoms with E-state index in [2.05, 4.69) is 30.5 Å². The van der Waals surface area contributed by atoms with Crippen LogP contribution in [-0.2, 0) is 14.3 Å². The molecule has 3 atom stereocenters. The number of Topliss-reactive ketones (excluding diaryl/α,β-unsaturated/α-hetero) is 1. The summed E-state index contributed by atoms with van der Waals surface area (Å²) >= 11 is 0. The van der Waals surface area contributed by atoms with Crippen LogP contribution < -0.4 is 0 Å². The van der Waals surface area contributed by atoms with Crippen molar-refractivity contribution in [1.82, 2.24) is 4.90 Å². The molecule has 1 aromatic carbocycles. The number of hydrogen-bond acceptors (Lipinski definition) is 4. The van der Waals surface area contributed by atoms with Crippen LogP contribution in [0.2, 0.25) is 0 Å². The van der Waals surface area contributed by atoms with Crippen molar-refractivity contribution < 1.29 is 14.3 Å². The normalized spacial score (nSPS) is 24.1. The van der Waals surface area contributed by atoms with E-state index in [1.165, 1.54) is 0 Å². The van der Waals surface area contributed by atoms with E-state index in [0.29, 0.717) is 12.1 Å². The lowest BCUT2D eigenvalue weighted by molar-refractivity contribution is -0.155. The summed E-state index contributed by atoms with van der Waals surface area (Å²) in [6.45, 7) is 10.3. The molecule has 4 heteroatoms. The van der Waals surface area contributed by atoms with Gasteiger partial charge in [0.2, 0.25) is 0 Å². The van der Waals surface area contributed by atoms with Crippen molar-refractivity contribution in [3.63, 3.8) is 0 Å². The molecule has 1 fully saturated rings. The summed E-state index contributed by atoms with van der Waals surface area (Å²) in [5.41, 5.74) is 1.62. The maximum atomic E-state index is 12.3. The van der Waals surface area contributed by atoms with Crippen molar-refractivity contribution in [2.75, 3.05) is 13.2 Å². The minimum atomic E-state index is -0.785. The number of nitrogens with zero attached hydrogens (tertiary/aromatic N) is 1. The Balaban J connectivity index is 2.27. The van der Waals surface area contributed by atoms with Crippen LogP contribution in [0.3, 0.4) is 0 Å². The lowest BCUT2D eigenvalue weighted by atomic mass is 9.85. The average molecular weight is 301 g/mol. The predicted molar refractivity (Wildman–Crippen MR) is 85.3 cm³/mol. The number of benzene rings is 1. The molecule has 0 saturated carbocycles. The molecule has 0 aliphatic carbocycles. The SMILES string of the molecule is C=C1CN(C(C)c2ccccc2)[C@@H](C)C(C(=O)OCC)C1=O. The highest BCUT2D eigenvalue weighted by Crippen LogP contribution is 2.32. The van der Waals surface area contributed by atoms with Crippen molar-refractivity contribution in [3.8, 4) is 0 Å². The minimum absolute atomic E-state index is 0.0953. The van der Waals surface area contributed by atoms with Gasteiger partial charge in [-0.1, -0.05) is 36.9 Å². The van der Waals surface area contributed by atoms with Gasteiger partial charge in [0.25, 0.3) is 0 Å². The summed E-state index contributed by atoms with van der Waals surface area (Å²) in [6.07, 6.45) is 0. The molecule has 0 bridgehead atoms. The first kappa shape index (κ1) is 16.4. The lowest BCUT2D eigenvalue weighted by Crippen LogP contribution is -2.53. The molecule has 2 rings (SSSR count). The van der Waals surface area contributed by atoms with Crippen LogP contribution in [-0.4, -0.2) is 35.8 Å². The fourth-order valence-electron chi connectivity index (χ4n) is 3.02. The van der Waals surface area contributed by atoms with Crippen LogP contribution in [0.5, 0.6) is 0 Å². The fourth-order valence-corrected chi connectivity index (χ4v) is 3.02. The quantitative estimate of drug-likeness (QED) is 0.487. The monoisotopic (exact) mass is 301 g/mol. The molecule has 1 aliphatic rings. The molecule has 0 radical (unpaired) electrons. The molecule has 1 aromatic rings. The molecule has 0 N–H and O–H groups in total. The van der Waals surface area contributed by atoms with Gasteiger partial charge in [-0.2, -0.15) is 0 Å². The average Bonchev–Trinajstić information content (AvgIpc) is 2.51. The van der Waals surface area contributed by atoms with E-state index in [4.69, 9.17) is 4.74 Å². The van der Waals surface area contributed by atoms with Crippen LogP contribution in [0.25, 0.3) is 0 Å². The first-order valence-electron chi connectivity index (χ1n) is 7.66. The van der Waals surface area contributed by atoms with Gasteiger partial charge in [-0.15, -0.1) is 0 Å². The first-order valence-corrected chi connectivity index (χ1v) is 7.66. The Labute approximate surface area is 131 Å². The van der Waals surface area contributed by atoms with Crippen LogP contribution in [0.1, 0.15) is 32.4 Å². The van der Waals surface area contributed by atoms with Gasteiger partial charge in [-0.05, 0) is 26.3 Å². The van der Waals surface area contributed by atoms with Gasteiger partial charge < -0.3 is 4.74 Å². The second-order valence-corrected chi connectivity index (χ2v) is 5.70. The molecule has 0 amide bonds. The van der Waals surface area contributed by atoms with Gasteiger partial charge in [0.15, 0.2) is 5.78 Å². The van der Waals surface area contributed by atoms with Gasteiger partial charge in [-0.3, -0.25) is 14.5 Å². The highest BCUT2D eigenvalue weighted by Gasteiger charge is 2.43. The van der Waals surface area contributed by atoms with Gasteiger partial charge in [0.1, 0.15) is 5.92 Å². The van der Waals surface area contributed by atoms with Crippen LogP contribution in [0, 0.1) is 5.92 Å². The zero-order chi connectivity index (χ0) is 16.3. The predicted octanol–water partition coefficient (Wildman–Crippen LogP) is 2.76. The number of ether oxygens (including phenoxy) is 1. The van der Waals surface area contributed by atoms with Gasteiger partial charge in [0, 0.05) is 24.2 Å². The van der Waals surface area contributed by atoms with E-state index >= 15 is 0 Å². The molecule has 1 saturated heterocycles. The number of piperidine rings is 1. The molecule has 1 aliphatic heterocycles. The first-order chi connectivity index (χ1) is 10.5. The van der Waals surface area contributed by atoms with Crippen molar-refractivity contribution in [2.24, 2.45) is 5.92 Å². The number of carbonyl (C=O) groups excluding carboxylic acids is 2. The van der Waals surface area contributed by atoms with Gasteiger partial charge in [-0.25, -0.2) is 0 Å². The molecular formula is C18H23NO3. The van der Waals surface area contributed by atoms with Crippen molar-refractivity contribution in [1.29, 1.82) is 0 Å². The summed E-state index contributed by atoms with van der Waals surface area (Å²) in [5.74, 6) is -1.43. The number of ketones is 1. The zero-order valence-electron chi connectivity index (χ0n) is 13.4. The Hall–Kier alpha value is -1.94. The third kappa shape index (κ3) is 3.12. The number of hydrogen-bond donors (Lipinski definition) is 0. The maximum Gasteiger partial charge on any atom is 0.318 e. The van der Waals surface area contributed by atoms with Crippen molar-refractivity contribution in [3.05, 3.63) is 48.0 Å². The van der Waals surface area contributed by atoms with E-state index < -0.39 is 11.9 Å². The Morgan fingerprint density at radius 3 is 2.64 bits per heavy atom. The fraction of sp³-hybridized carbons (Fsp3) is 0.444. The molecule has 4 nitrogen and oxygen atoms in total. The van der Waals surface area contributed by atoms with Gasteiger partial charge in [0.05, 0.1) is 6.61 Å². The number of carbonyl (C=O) groups is 2. The summed E-state index contributed by atoms with van der Waals surface area (Å²) in [4.78, 5) is 26.6. The Kier molecular flexibility index (Phi) is 5.14. The second-order valence-electron chi connectivity index (χ2n) is 5.70. The van der Waals surface area contributed by atoms with Crippen molar-refractivity contribution >= 4 is 11.8 Å². The Morgan fingerprint density at radius 1 is 1.41 bits per heavy atom. The topological polar surface area (TPSA) is 46.6 Å². The van der Waals surface area contributed by atoms with Crippen LogP contribution >= 0.6 is 0 Å². The summed E-state index contributed by atoms with van der Waals surface area (Å²) in [7, 11) is 0. The molecule has 118 valence electrons. The molecular weight excluding hydrogens is 278 g/mol. The minimum Gasteiger partial charge on any atom is -0.465 e. The molecule has 0 spiro atoms. The van der Waals surface area contributed by atoms with E-state index in [0.717, 1.165) is 5.56 Å². The zero-order valence-corrected chi connectivity index (χ0v) is 13.4. The third-order valence-corrected chi connectivity index (χ3v) is 4.33.